The lowest BCUT2D eigenvalue weighted by Crippen LogP contribution is -2.27. The number of carbonyl (C=O) groups is 1. The molecule has 2 rings (SSSR count). The Morgan fingerprint density at radius 3 is 2.75 bits per heavy atom. The molecule has 0 spiro atoms. The Bertz CT molecular complexity index is 619. The van der Waals surface area contributed by atoms with Crippen molar-refractivity contribution in [3.05, 3.63) is 47.8 Å². The molecule has 2 N–H and O–H groups in total. The van der Waals surface area contributed by atoms with Gasteiger partial charge in [-0.1, -0.05) is 12.1 Å². The summed E-state index contributed by atoms with van der Waals surface area (Å²) in [7, 11) is 5.20. The van der Waals surface area contributed by atoms with Gasteiger partial charge in [0.15, 0.2) is 0 Å². The number of carbonyl (C=O) groups excluding carboxylic acids is 1. The number of hydrogen-bond donors (Lipinski definition) is 1. The average Bonchev–Trinajstić information content (AvgIpc) is 2.77. The first-order valence-electron chi connectivity index (χ1n) is 6.31. The lowest BCUT2D eigenvalue weighted by Gasteiger charge is -2.18. The molecule has 5 nitrogen and oxygen atoms in total. The van der Waals surface area contributed by atoms with Crippen molar-refractivity contribution in [1.29, 1.82) is 0 Å². The number of nitrogens with two attached hydrogens (primary N) is 1. The first-order valence-corrected chi connectivity index (χ1v) is 6.31. The number of rotatable bonds is 4. The van der Waals surface area contributed by atoms with Crippen molar-refractivity contribution in [1.82, 2.24) is 9.47 Å². The smallest absolute Gasteiger partial charge is 0.270 e. The number of amides is 1. The molecule has 1 aromatic heterocycles. The Morgan fingerprint density at radius 2 is 2.15 bits per heavy atom. The highest BCUT2D eigenvalue weighted by Gasteiger charge is 2.16. The van der Waals surface area contributed by atoms with E-state index < -0.39 is 0 Å². The molecule has 0 fully saturated rings. The minimum Gasteiger partial charge on any atom is -0.497 e. The van der Waals surface area contributed by atoms with E-state index in [-0.39, 0.29) is 5.91 Å². The molecular formula is C15H19N3O2. The van der Waals surface area contributed by atoms with Crippen LogP contribution in [0.3, 0.4) is 0 Å². The molecule has 2 aromatic rings. The van der Waals surface area contributed by atoms with Gasteiger partial charge in [-0.25, -0.2) is 0 Å². The summed E-state index contributed by atoms with van der Waals surface area (Å²) in [6, 6.07) is 9.36. The van der Waals surface area contributed by atoms with Crippen LogP contribution in [0.2, 0.25) is 0 Å². The van der Waals surface area contributed by atoms with Crippen molar-refractivity contribution in [2.24, 2.45) is 7.05 Å². The molecule has 0 radical (unpaired) electrons. The second kappa shape index (κ2) is 5.69. The predicted molar refractivity (Wildman–Crippen MR) is 78.6 cm³/mol. The summed E-state index contributed by atoms with van der Waals surface area (Å²) in [5, 5.41) is 0. The van der Waals surface area contributed by atoms with Crippen molar-refractivity contribution in [2.45, 2.75) is 6.54 Å². The first-order chi connectivity index (χ1) is 9.51. The van der Waals surface area contributed by atoms with Gasteiger partial charge in [0.2, 0.25) is 0 Å². The van der Waals surface area contributed by atoms with Crippen molar-refractivity contribution >= 4 is 11.6 Å². The number of ether oxygens (including phenoxy) is 1. The SMILES string of the molecule is COc1cccc(CN(C)C(=O)c2cc(N)cn2C)c1. The number of anilines is 1. The second-order valence-electron chi connectivity index (χ2n) is 4.78. The molecule has 0 atom stereocenters. The monoisotopic (exact) mass is 273 g/mol. The van der Waals surface area contributed by atoms with Crippen LogP contribution in [0, 0.1) is 0 Å². The van der Waals surface area contributed by atoms with Crippen LogP contribution in [0.5, 0.6) is 5.75 Å². The standard InChI is InChI=1S/C15H19N3O2/c1-17-10-12(16)8-14(17)15(19)18(2)9-11-5-4-6-13(7-11)20-3/h4-8,10H,9,16H2,1-3H3. The minimum atomic E-state index is -0.0629. The van der Waals surface area contributed by atoms with Gasteiger partial charge in [0, 0.05) is 26.8 Å². The molecule has 106 valence electrons. The summed E-state index contributed by atoms with van der Waals surface area (Å²) in [4.78, 5) is 14.0. The summed E-state index contributed by atoms with van der Waals surface area (Å²) >= 11 is 0. The maximum absolute atomic E-state index is 12.4. The summed E-state index contributed by atoms with van der Waals surface area (Å²) in [6.45, 7) is 0.515. The zero-order valence-corrected chi connectivity index (χ0v) is 12.0. The van der Waals surface area contributed by atoms with E-state index >= 15 is 0 Å². The number of benzene rings is 1. The van der Waals surface area contributed by atoms with Gasteiger partial charge >= 0.3 is 0 Å². The zero-order valence-electron chi connectivity index (χ0n) is 12.0. The third-order valence-electron chi connectivity index (χ3n) is 3.15. The molecule has 0 aliphatic rings. The highest BCUT2D eigenvalue weighted by Crippen LogP contribution is 2.16. The molecule has 0 unspecified atom stereocenters. The maximum Gasteiger partial charge on any atom is 0.270 e. The second-order valence-corrected chi connectivity index (χ2v) is 4.78. The normalized spacial score (nSPS) is 10.3. The van der Waals surface area contributed by atoms with E-state index in [1.54, 1.807) is 35.9 Å². The maximum atomic E-state index is 12.4. The number of aromatic nitrogens is 1. The summed E-state index contributed by atoms with van der Waals surface area (Å²) in [6.07, 6.45) is 1.73. The third kappa shape index (κ3) is 2.93. The lowest BCUT2D eigenvalue weighted by atomic mass is 10.2. The Morgan fingerprint density at radius 1 is 1.40 bits per heavy atom. The van der Waals surface area contributed by atoms with E-state index in [0.29, 0.717) is 17.9 Å². The van der Waals surface area contributed by atoms with E-state index in [1.165, 1.54) is 0 Å². The molecule has 0 saturated carbocycles. The van der Waals surface area contributed by atoms with Crippen LogP contribution in [0.25, 0.3) is 0 Å². The molecule has 1 amide bonds. The van der Waals surface area contributed by atoms with Gasteiger partial charge in [0.05, 0.1) is 12.8 Å². The van der Waals surface area contributed by atoms with Crippen molar-refractivity contribution in [3.63, 3.8) is 0 Å². The molecule has 0 saturated heterocycles. The molecular weight excluding hydrogens is 254 g/mol. The van der Waals surface area contributed by atoms with Crippen LogP contribution in [-0.4, -0.2) is 29.5 Å². The van der Waals surface area contributed by atoms with Crippen LogP contribution >= 0.6 is 0 Å². The Hall–Kier alpha value is -2.43. The highest BCUT2D eigenvalue weighted by atomic mass is 16.5. The Balaban J connectivity index is 2.13. The largest absolute Gasteiger partial charge is 0.497 e. The van der Waals surface area contributed by atoms with Gasteiger partial charge in [-0.2, -0.15) is 0 Å². The molecule has 0 bridgehead atoms. The van der Waals surface area contributed by atoms with Gasteiger partial charge in [-0.15, -0.1) is 0 Å². The summed E-state index contributed by atoms with van der Waals surface area (Å²) in [5.74, 6) is 0.721. The van der Waals surface area contributed by atoms with E-state index in [1.807, 2.05) is 31.3 Å². The molecule has 1 aromatic carbocycles. The Kier molecular flexibility index (Phi) is 3.98. The molecule has 1 heterocycles. The van der Waals surface area contributed by atoms with Gasteiger partial charge in [-0.05, 0) is 23.8 Å². The van der Waals surface area contributed by atoms with Crippen LogP contribution in [0.15, 0.2) is 36.5 Å². The minimum absolute atomic E-state index is 0.0629. The summed E-state index contributed by atoms with van der Waals surface area (Å²) < 4.78 is 6.92. The fourth-order valence-corrected chi connectivity index (χ4v) is 2.11. The number of methoxy groups -OCH3 is 1. The van der Waals surface area contributed by atoms with Crippen molar-refractivity contribution in [2.75, 3.05) is 19.9 Å². The van der Waals surface area contributed by atoms with Crippen LogP contribution < -0.4 is 10.5 Å². The van der Waals surface area contributed by atoms with E-state index in [2.05, 4.69) is 0 Å². The molecule has 5 heteroatoms. The molecule has 0 aliphatic carbocycles. The fraction of sp³-hybridized carbons (Fsp3) is 0.267. The van der Waals surface area contributed by atoms with E-state index in [4.69, 9.17) is 10.5 Å². The average molecular weight is 273 g/mol. The van der Waals surface area contributed by atoms with E-state index in [0.717, 1.165) is 11.3 Å². The fourth-order valence-electron chi connectivity index (χ4n) is 2.11. The Labute approximate surface area is 118 Å². The first kappa shape index (κ1) is 14.0. The quantitative estimate of drug-likeness (QED) is 0.925. The van der Waals surface area contributed by atoms with Crippen LogP contribution in [-0.2, 0) is 13.6 Å². The lowest BCUT2D eigenvalue weighted by molar-refractivity contribution is 0.0775. The van der Waals surface area contributed by atoms with E-state index in [9.17, 15) is 4.79 Å². The predicted octanol–water partition coefficient (Wildman–Crippen LogP) is 1.89. The summed E-state index contributed by atoms with van der Waals surface area (Å²) in [5.41, 5.74) is 7.88. The van der Waals surface area contributed by atoms with Crippen molar-refractivity contribution in [3.8, 4) is 5.75 Å². The molecule has 0 aliphatic heterocycles. The number of aryl methyl sites for hydroxylation is 1. The van der Waals surface area contributed by atoms with Gasteiger partial charge in [0.25, 0.3) is 5.91 Å². The van der Waals surface area contributed by atoms with Gasteiger partial charge in [0.1, 0.15) is 11.4 Å². The highest BCUT2D eigenvalue weighted by molar-refractivity contribution is 5.93. The van der Waals surface area contributed by atoms with Crippen LogP contribution in [0.4, 0.5) is 5.69 Å². The topological polar surface area (TPSA) is 60.5 Å². The number of nitrogens with zero attached hydrogens (tertiary/aromatic N) is 2. The van der Waals surface area contributed by atoms with Crippen LogP contribution in [0.1, 0.15) is 16.1 Å². The van der Waals surface area contributed by atoms with Crippen molar-refractivity contribution < 1.29 is 9.53 Å². The molecule has 20 heavy (non-hydrogen) atoms. The van der Waals surface area contributed by atoms with Gasteiger partial charge < -0.3 is 19.9 Å². The third-order valence-corrected chi connectivity index (χ3v) is 3.15. The van der Waals surface area contributed by atoms with Gasteiger partial charge in [-0.3, -0.25) is 4.79 Å². The number of nitrogen functional groups attached to an aromatic ring is 1. The zero-order chi connectivity index (χ0) is 14.7. The number of hydrogen-bond acceptors (Lipinski definition) is 3.